The van der Waals surface area contributed by atoms with E-state index in [-0.39, 0.29) is 12.0 Å². The molecule has 0 radical (unpaired) electrons. The van der Waals surface area contributed by atoms with E-state index >= 15 is 0 Å². The summed E-state index contributed by atoms with van der Waals surface area (Å²) in [5.41, 5.74) is 2.26. The van der Waals surface area contributed by atoms with Crippen molar-refractivity contribution in [3.05, 3.63) is 51.7 Å². The summed E-state index contributed by atoms with van der Waals surface area (Å²) in [6.45, 7) is 5.12. The molecule has 2 heterocycles. The monoisotopic (exact) mass is 397 g/mol. The molecule has 0 spiro atoms. The first-order valence-corrected chi connectivity index (χ1v) is 9.14. The predicted molar refractivity (Wildman–Crippen MR) is 108 cm³/mol. The van der Waals surface area contributed by atoms with Crippen LogP contribution in [-0.4, -0.2) is 37.5 Å². The minimum Gasteiger partial charge on any atom is -0.452 e. The molecule has 0 unspecified atom stereocenters. The van der Waals surface area contributed by atoms with Gasteiger partial charge in [0.15, 0.2) is 6.10 Å². The lowest BCUT2D eigenvalue weighted by Gasteiger charge is -2.14. The van der Waals surface area contributed by atoms with Crippen molar-refractivity contribution in [2.45, 2.75) is 33.3 Å². The van der Waals surface area contributed by atoms with Crippen LogP contribution in [0.3, 0.4) is 0 Å². The lowest BCUT2D eigenvalue weighted by atomic mass is 10.1. The number of aromatic nitrogens is 4. The van der Waals surface area contributed by atoms with E-state index in [0.29, 0.717) is 27.8 Å². The van der Waals surface area contributed by atoms with E-state index in [9.17, 15) is 14.4 Å². The van der Waals surface area contributed by atoms with Crippen LogP contribution in [0.2, 0.25) is 0 Å². The van der Waals surface area contributed by atoms with Crippen LogP contribution < -0.4 is 10.9 Å². The molecular formula is C20H23N5O4. The minimum atomic E-state index is -1.000. The number of carbonyl (C=O) groups excluding carboxylic acids is 2. The van der Waals surface area contributed by atoms with Gasteiger partial charge in [-0.2, -0.15) is 10.2 Å². The molecule has 9 nitrogen and oxygen atoms in total. The second-order valence-corrected chi connectivity index (χ2v) is 6.89. The van der Waals surface area contributed by atoms with Gasteiger partial charge < -0.3 is 10.1 Å². The van der Waals surface area contributed by atoms with Gasteiger partial charge in [-0.25, -0.2) is 4.68 Å². The fourth-order valence-electron chi connectivity index (χ4n) is 3.11. The number of hydrogen-bond donors (Lipinski definition) is 1. The molecule has 0 aliphatic carbocycles. The van der Waals surface area contributed by atoms with Gasteiger partial charge in [-0.15, -0.1) is 0 Å². The highest BCUT2D eigenvalue weighted by atomic mass is 16.5. The number of benzene rings is 1. The van der Waals surface area contributed by atoms with Gasteiger partial charge in [0, 0.05) is 19.5 Å². The van der Waals surface area contributed by atoms with Gasteiger partial charge >= 0.3 is 5.97 Å². The molecule has 3 rings (SSSR count). The van der Waals surface area contributed by atoms with Crippen LogP contribution in [-0.2, 0) is 34.8 Å². The largest absolute Gasteiger partial charge is 0.452 e. The molecule has 2 aromatic heterocycles. The molecule has 1 N–H and O–H groups in total. The Balaban J connectivity index is 1.72. The number of nitrogens with one attached hydrogen (secondary N) is 1. The van der Waals surface area contributed by atoms with Crippen molar-refractivity contribution < 1.29 is 14.3 Å². The molecule has 0 aliphatic rings. The van der Waals surface area contributed by atoms with E-state index in [1.807, 2.05) is 6.92 Å². The van der Waals surface area contributed by atoms with E-state index in [2.05, 4.69) is 15.5 Å². The maximum Gasteiger partial charge on any atom is 0.312 e. The van der Waals surface area contributed by atoms with Gasteiger partial charge in [-0.1, -0.05) is 18.2 Å². The zero-order valence-corrected chi connectivity index (χ0v) is 17.0. The lowest BCUT2D eigenvalue weighted by Crippen LogP contribution is -2.31. The van der Waals surface area contributed by atoms with Gasteiger partial charge in [0.2, 0.25) is 0 Å². The van der Waals surface area contributed by atoms with Crippen LogP contribution in [0.25, 0.3) is 10.8 Å². The Labute approximate surface area is 167 Å². The summed E-state index contributed by atoms with van der Waals surface area (Å²) in [6.07, 6.45) is -1.16. The van der Waals surface area contributed by atoms with E-state index in [1.54, 1.807) is 42.9 Å². The zero-order valence-electron chi connectivity index (χ0n) is 17.0. The maximum absolute atomic E-state index is 12.4. The first-order chi connectivity index (χ1) is 13.7. The average Bonchev–Trinajstić information content (AvgIpc) is 2.91. The summed E-state index contributed by atoms with van der Waals surface area (Å²) in [7, 11) is 3.31. The normalized spacial score (nSPS) is 12.0. The molecule has 1 atom stereocenters. The lowest BCUT2D eigenvalue weighted by molar-refractivity contribution is -0.152. The van der Waals surface area contributed by atoms with Crippen LogP contribution in [0.1, 0.15) is 24.0 Å². The van der Waals surface area contributed by atoms with Gasteiger partial charge in [-0.05, 0) is 26.8 Å². The summed E-state index contributed by atoms with van der Waals surface area (Å²) in [5.74, 6) is -1.06. The van der Waals surface area contributed by atoms with Gasteiger partial charge in [0.05, 0.1) is 34.6 Å². The number of nitrogens with zero attached hydrogens (tertiary/aromatic N) is 4. The topological polar surface area (TPSA) is 108 Å². The number of aryl methyl sites for hydroxylation is 3. The minimum absolute atomic E-state index is 0.156. The number of rotatable bonds is 5. The van der Waals surface area contributed by atoms with E-state index < -0.39 is 18.0 Å². The number of fused-ring (bicyclic) bond motifs is 1. The standard InChI is InChI=1S/C20H23N5O4/c1-11-18(12(2)24(4)22-11)21-19(27)13(3)29-17(26)10-16-14-8-6-7-9-15(14)20(28)25(5)23-16/h6-9,13H,10H2,1-5H3,(H,21,27)/t13-/m0/s1. The van der Waals surface area contributed by atoms with Crippen LogP contribution in [0, 0.1) is 13.8 Å². The van der Waals surface area contributed by atoms with Crippen molar-refractivity contribution in [3.8, 4) is 0 Å². The van der Waals surface area contributed by atoms with Crippen molar-refractivity contribution in [3.63, 3.8) is 0 Å². The summed E-state index contributed by atoms with van der Waals surface area (Å²) < 4.78 is 8.14. The molecule has 0 fully saturated rings. The highest BCUT2D eigenvalue weighted by Gasteiger charge is 2.22. The Hall–Kier alpha value is -3.49. The van der Waals surface area contributed by atoms with Gasteiger partial charge in [0.1, 0.15) is 0 Å². The Bertz CT molecular complexity index is 1160. The quantitative estimate of drug-likeness (QED) is 0.652. The van der Waals surface area contributed by atoms with E-state index in [0.717, 1.165) is 5.69 Å². The van der Waals surface area contributed by atoms with Crippen LogP contribution in [0.4, 0.5) is 5.69 Å². The molecule has 3 aromatic rings. The number of amides is 1. The highest BCUT2D eigenvalue weighted by molar-refractivity contribution is 5.96. The third-order valence-electron chi connectivity index (χ3n) is 4.78. The maximum atomic E-state index is 12.4. The van der Waals surface area contributed by atoms with E-state index in [1.165, 1.54) is 18.7 Å². The molecular weight excluding hydrogens is 374 g/mol. The Morgan fingerprint density at radius 2 is 1.76 bits per heavy atom. The fourth-order valence-corrected chi connectivity index (χ4v) is 3.11. The van der Waals surface area contributed by atoms with E-state index in [4.69, 9.17) is 4.74 Å². The number of esters is 1. The third kappa shape index (κ3) is 4.03. The Morgan fingerprint density at radius 1 is 1.10 bits per heavy atom. The molecule has 0 bridgehead atoms. The van der Waals surface area contributed by atoms with Crippen LogP contribution in [0.5, 0.6) is 0 Å². The summed E-state index contributed by atoms with van der Waals surface area (Å²) in [5, 5.41) is 12.2. The molecule has 0 saturated heterocycles. The molecule has 9 heteroatoms. The van der Waals surface area contributed by atoms with Gasteiger partial charge in [-0.3, -0.25) is 19.1 Å². The number of ether oxygens (including phenoxy) is 1. The van der Waals surface area contributed by atoms with Crippen molar-refractivity contribution in [1.82, 2.24) is 19.6 Å². The summed E-state index contributed by atoms with van der Waals surface area (Å²) >= 11 is 0. The highest BCUT2D eigenvalue weighted by Crippen LogP contribution is 2.19. The smallest absolute Gasteiger partial charge is 0.312 e. The number of anilines is 1. The Kier molecular flexibility index (Phi) is 5.49. The molecule has 29 heavy (non-hydrogen) atoms. The SMILES string of the molecule is Cc1nn(C)c(C)c1NC(=O)[C@H](C)OC(=O)Cc1nn(C)c(=O)c2ccccc12. The van der Waals surface area contributed by atoms with Crippen molar-refractivity contribution in [2.24, 2.45) is 14.1 Å². The van der Waals surface area contributed by atoms with Gasteiger partial charge in [0.25, 0.3) is 11.5 Å². The number of hydrogen-bond acceptors (Lipinski definition) is 6. The molecule has 152 valence electrons. The van der Waals surface area contributed by atoms with Crippen LogP contribution in [0.15, 0.2) is 29.1 Å². The first kappa shape index (κ1) is 20.2. The first-order valence-electron chi connectivity index (χ1n) is 9.14. The molecule has 1 aromatic carbocycles. The predicted octanol–water partition coefficient (Wildman–Crippen LogP) is 1.40. The average molecular weight is 397 g/mol. The fraction of sp³-hybridized carbons (Fsp3) is 0.350. The zero-order chi connectivity index (χ0) is 21.3. The van der Waals surface area contributed by atoms with Crippen molar-refractivity contribution in [1.29, 1.82) is 0 Å². The van der Waals surface area contributed by atoms with Crippen molar-refractivity contribution >= 4 is 28.3 Å². The second-order valence-electron chi connectivity index (χ2n) is 6.89. The number of carbonyl (C=O) groups is 2. The summed E-state index contributed by atoms with van der Waals surface area (Å²) in [6, 6.07) is 6.94. The van der Waals surface area contributed by atoms with Crippen molar-refractivity contribution in [2.75, 3.05) is 5.32 Å². The molecule has 0 aliphatic heterocycles. The van der Waals surface area contributed by atoms with Crippen LogP contribution >= 0.6 is 0 Å². The second kappa shape index (κ2) is 7.86. The molecule has 0 saturated carbocycles. The Morgan fingerprint density at radius 3 is 2.38 bits per heavy atom. The third-order valence-corrected chi connectivity index (χ3v) is 4.78. The summed E-state index contributed by atoms with van der Waals surface area (Å²) in [4.78, 5) is 37.0. The molecule has 1 amide bonds.